The molecule has 0 saturated heterocycles. The van der Waals surface area contributed by atoms with Gasteiger partial charge in [0, 0.05) is 18.0 Å². The molecule has 176 valence electrons. The fraction of sp³-hybridized carbons (Fsp3) is 0.182. The molecule has 0 aliphatic rings. The number of anilines is 1. The molecule has 4 rings (SSSR count). The number of carbonyl (C=O) groups is 1. The van der Waals surface area contributed by atoms with Gasteiger partial charge in [-0.3, -0.25) is 9.78 Å². The Bertz CT molecular complexity index is 1310. The Morgan fingerprint density at radius 2 is 2.03 bits per heavy atom. The zero-order valence-electron chi connectivity index (χ0n) is 17.4. The number of fused-ring (bicyclic) bond motifs is 1. The number of alkyl halides is 3. The van der Waals surface area contributed by atoms with Crippen molar-refractivity contribution in [3.05, 3.63) is 66.1 Å². The van der Waals surface area contributed by atoms with Crippen LogP contribution in [0.5, 0.6) is 5.75 Å². The average molecular weight is 473 g/mol. The third kappa shape index (κ3) is 4.97. The number of nitrogens with zero attached hydrogens (tertiary/aromatic N) is 3. The summed E-state index contributed by atoms with van der Waals surface area (Å²) in [4.78, 5) is 27.7. The molecule has 0 unspecified atom stereocenters. The number of aliphatic hydroxyl groups excluding tert-OH is 2. The highest BCUT2D eigenvalue weighted by molar-refractivity contribution is 6.11. The van der Waals surface area contributed by atoms with Crippen LogP contribution in [0.2, 0.25) is 0 Å². The molecule has 0 saturated carbocycles. The minimum absolute atomic E-state index is 0.0529. The number of carbonyl (C=O) groups excluding carboxylic acids is 1. The molecular formula is C22H18F3N5O4. The first-order valence-corrected chi connectivity index (χ1v) is 9.95. The van der Waals surface area contributed by atoms with Crippen molar-refractivity contribution in [2.45, 2.75) is 12.3 Å². The second-order valence-electron chi connectivity index (χ2n) is 7.19. The van der Waals surface area contributed by atoms with Gasteiger partial charge < -0.3 is 25.3 Å². The molecule has 0 spiro atoms. The van der Waals surface area contributed by atoms with Crippen molar-refractivity contribution in [2.75, 3.05) is 18.5 Å². The quantitative estimate of drug-likeness (QED) is 0.324. The van der Waals surface area contributed by atoms with E-state index in [1.54, 1.807) is 18.2 Å². The molecular weight excluding hydrogens is 455 g/mol. The van der Waals surface area contributed by atoms with Crippen LogP contribution in [-0.2, 0) is 6.18 Å². The number of H-pyrrole nitrogens is 1. The summed E-state index contributed by atoms with van der Waals surface area (Å²) in [6, 6.07) is 8.18. The predicted molar refractivity (Wildman–Crippen MR) is 115 cm³/mol. The summed E-state index contributed by atoms with van der Waals surface area (Å²) in [5.74, 6) is -0.542. The number of benzene rings is 1. The molecule has 9 nitrogen and oxygen atoms in total. The maximum Gasteiger partial charge on any atom is 0.417 e. The fourth-order valence-corrected chi connectivity index (χ4v) is 3.15. The zero-order valence-corrected chi connectivity index (χ0v) is 17.4. The molecule has 0 fully saturated rings. The van der Waals surface area contributed by atoms with Gasteiger partial charge in [-0.05, 0) is 30.3 Å². The van der Waals surface area contributed by atoms with Crippen LogP contribution in [0.3, 0.4) is 0 Å². The number of aromatic amines is 1. The van der Waals surface area contributed by atoms with Gasteiger partial charge in [0.1, 0.15) is 35.6 Å². The van der Waals surface area contributed by atoms with Crippen molar-refractivity contribution in [2.24, 2.45) is 0 Å². The molecule has 4 aromatic rings. The number of nitrogens with one attached hydrogen (secondary N) is 2. The topological polar surface area (TPSA) is 133 Å². The van der Waals surface area contributed by atoms with Gasteiger partial charge in [-0.2, -0.15) is 13.2 Å². The van der Waals surface area contributed by atoms with Gasteiger partial charge >= 0.3 is 6.18 Å². The summed E-state index contributed by atoms with van der Waals surface area (Å²) < 4.78 is 46.6. The number of halogens is 3. The molecule has 3 aromatic heterocycles. The highest BCUT2D eigenvalue weighted by atomic mass is 19.4. The average Bonchev–Trinajstić information content (AvgIpc) is 3.26. The normalized spacial score (nSPS) is 12.5. The Kier molecular flexibility index (Phi) is 6.43. The number of aliphatic hydroxyl groups is 2. The number of amides is 1. The Morgan fingerprint density at radius 3 is 2.74 bits per heavy atom. The molecule has 3 heterocycles. The zero-order chi connectivity index (χ0) is 24.3. The monoisotopic (exact) mass is 473 g/mol. The van der Waals surface area contributed by atoms with Crippen molar-refractivity contribution in [3.63, 3.8) is 0 Å². The number of hydrogen-bond acceptors (Lipinski definition) is 7. The number of ether oxygens (including phenoxy) is 1. The Hall–Kier alpha value is -4.03. The van der Waals surface area contributed by atoms with E-state index in [9.17, 15) is 23.1 Å². The van der Waals surface area contributed by atoms with Gasteiger partial charge in [0.2, 0.25) is 0 Å². The number of imidazole rings is 1. The smallest absolute Gasteiger partial charge is 0.417 e. The summed E-state index contributed by atoms with van der Waals surface area (Å²) in [7, 11) is 0. The third-order valence-corrected chi connectivity index (χ3v) is 4.75. The van der Waals surface area contributed by atoms with E-state index in [0.29, 0.717) is 5.82 Å². The lowest BCUT2D eigenvalue weighted by Gasteiger charge is -2.15. The SMILES string of the molecule is O=C(Nc1ccccn1)c1cncc2[nH]c(-c3ccc(OC[C@H](O)CO)cc3C(F)(F)F)nc12. The summed E-state index contributed by atoms with van der Waals surface area (Å²) in [5, 5.41) is 20.8. The van der Waals surface area contributed by atoms with Crippen molar-refractivity contribution in [3.8, 4) is 17.1 Å². The van der Waals surface area contributed by atoms with Crippen LogP contribution in [0, 0.1) is 0 Å². The van der Waals surface area contributed by atoms with E-state index in [-0.39, 0.29) is 40.3 Å². The van der Waals surface area contributed by atoms with Crippen LogP contribution in [0.25, 0.3) is 22.4 Å². The number of hydrogen-bond donors (Lipinski definition) is 4. The molecule has 1 amide bonds. The fourth-order valence-electron chi connectivity index (χ4n) is 3.15. The first-order valence-electron chi connectivity index (χ1n) is 9.95. The molecule has 0 aliphatic carbocycles. The molecule has 4 N–H and O–H groups in total. The molecule has 0 aliphatic heterocycles. The highest BCUT2D eigenvalue weighted by Crippen LogP contribution is 2.39. The van der Waals surface area contributed by atoms with E-state index in [1.165, 1.54) is 30.7 Å². The van der Waals surface area contributed by atoms with E-state index >= 15 is 0 Å². The molecule has 1 aromatic carbocycles. The van der Waals surface area contributed by atoms with Gasteiger partial charge in [0.15, 0.2) is 0 Å². The molecule has 12 heteroatoms. The molecule has 1 atom stereocenters. The second-order valence-corrected chi connectivity index (χ2v) is 7.19. The summed E-state index contributed by atoms with van der Waals surface area (Å²) in [5.41, 5.74) is -0.844. The van der Waals surface area contributed by atoms with Crippen LogP contribution in [0.4, 0.5) is 19.0 Å². The standard InChI is InChI=1S/C22H18F3N5O4/c23-22(24,25)16-7-13(34-11-12(32)10-31)4-5-14(16)20-28-17-9-26-8-15(19(17)30-20)21(33)29-18-3-1-2-6-27-18/h1-9,12,31-32H,10-11H2,(H,28,30)(H,27,29,33)/t12-/m1/s1. The Morgan fingerprint density at radius 1 is 1.21 bits per heavy atom. The summed E-state index contributed by atoms with van der Waals surface area (Å²) in [6.07, 6.45) is -1.87. The first-order chi connectivity index (χ1) is 16.3. The summed E-state index contributed by atoms with van der Waals surface area (Å²) in [6.45, 7) is -0.967. The van der Waals surface area contributed by atoms with E-state index in [0.717, 1.165) is 6.07 Å². The Labute approximate surface area is 190 Å². The van der Waals surface area contributed by atoms with Crippen LogP contribution in [-0.4, -0.2) is 55.4 Å². The molecule has 0 radical (unpaired) electrons. The predicted octanol–water partition coefficient (Wildman–Crippen LogP) is 3.02. The van der Waals surface area contributed by atoms with Gasteiger partial charge in [-0.25, -0.2) is 9.97 Å². The lowest BCUT2D eigenvalue weighted by Crippen LogP contribution is -2.21. The minimum atomic E-state index is -4.75. The van der Waals surface area contributed by atoms with Gasteiger partial charge in [0.05, 0.1) is 29.4 Å². The lowest BCUT2D eigenvalue weighted by atomic mass is 10.1. The van der Waals surface area contributed by atoms with E-state index in [1.807, 2.05) is 0 Å². The van der Waals surface area contributed by atoms with Crippen molar-refractivity contribution >= 4 is 22.8 Å². The minimum Gasteiger partial charge on any atom is -0.491 e. The molecule has 0 bridgehead atoms. The molecule has 34 heavy (non-hydrogen) atoms. The maximum absolute atomic E-state index is 13.8. The van der Waals surface area contributed by atoms with Gasteiger partial charge in [-0.15, -0.1) is 0 Å². The number of rotatable bonds is 7. The second kappa shape index (κ2) is 9.45. The number of aromatic nitrogens is 4. The Balaban J connectivity index is 1.71. The third-order valence-electron chi connectivity index (χ3n) is 4.75. The van der Waals surface area contributed by atoms with Crippen LogP contribution in [0.15, 0.2) is 55.0 Å². The number of pyridine rings is 2. The van der Waals surface area contributed by atoms with Crippen LogP contribution in [0.1, 0.15) is 15.9 Å². The van der Waals surface area contributed by atoms with Crippen molar-refractivity contribution in [1.29, 1.82) is 0 Å². The van der Waals surface area contributed by atoms with E-state index < -0.39 is 30.4 Å². The van der Waals surface area contributed by atoms with Gasteiger partial charge in [-0.1, -0.05) is 6.07 Å². The largest absolute Gasteiger partial charge is 0.491 e. The lowest BCUT2D eigenvalue weighted by molar-refractivity contribution is -0.137. The highest BCUT2D eigenvalue weighted by Gasteiger charge is 2.35. The van der Waals surface area contributed by atoms with Crippen molar-refractivity contribution < 1.29 is 32.9 Å². The van der Waals surface area contributed by atoms with Gasteiger partial charge in [0.25, 0.3) is 5.91 Å². The maximum atomic E-state index is 13.8. The van der Waals surface area contributed by atoms with E-state index in [4.69, 9.17) is 9.84 Å². The van der Waals surface area contributed by atoms with Crippen molar-refractivity contribution in [1.82, 2.24) is 19.9 Å². The van der Waals surface area contributed by atoms with E-state index in [2.05, 4.69) is 25.3 Å². The van der Waals surface area contributed by atoms with Crippen LogP contribution < -0.4 is 10.1 Å². The summed E-state index contributed by atoms with van der Waals surface area (Å²) >= 11 is 0. The first kappa shape index (κ1) is 23.1. The van der Waals surface area contributed by atoms with Crippen LogP contribution >= 0.6 is 0 Å².